The van der Waals surface area contributed by atoms with E-state index in [-0.39, 0.29) is 12.6 Å². The zero-order valence-electron chi connectivity index (χ0n) is 11.9. The third-order valence-electron chi connectivity index (χ3n) is 3.70. The molecule has 0 amide bonds. The molecule has 0 heterocycles. The topological polar surface area (TPSA) is 32.3 Å². The summed E-state index contributed by atoms with van der Waals surface area (Å²) in [6.45, 7) is 13.0. The van der Waals surface area contributed by atoms with E-state index in [2.05, 4.69) is 52.9 Å². The summed E-state index contributed by atoms with van der Waals surface area (Å²) in [5.74, 6) is 0.416. The fourth-order valence-corrected chi connectivity index (χ4v) is 2.04. The van der Waals surface area contributed by atoms with Gasteiger partial charge in [-0.2, -0.15) is 0 Å². The average molecular weight is 235 g/mol. The molecule has 1 aromatic carbocycles. The number of aryl methyl sites for hydroxylation is 2. The van der Waals surface area contributed by atoms with Gasteiger partial charge in [-0.25, -0.2) is 0 Å². The van der Waals surface area contributed by atoms with E-state index in [1.165, 1.54) is 27.9 Å². The molecule has 1 atom stereocenters. The first-order valence-electron chi connectivity index (χ1n) is 6.33. The van der Waals surface area contributed by atoms with Gasteiger partial charge in [0.25, 0.3) is 0 Å². The number of anilines is 1. The van der Waals surface area contributed by atoms with Crippen molar-refractivity contribution in [2.45, 2.75) is 47.6 Å². The summed E-state index contributed by atoms with van der Waals surface area (Å²) in [6, 6.07) is 2.34. The maximum atomic E-state index is 9.42. The SMILES string of the molecule is Cc1cc(C)c(C)c(NC(CO)C(C)C)c1C. The normalized spacial score (nSPS) is 12.9. The molecule has 0 aromatic heterocycles. The van der Waals surface area contributed by atoms with Crippen LogP contribution >= 0.6 is 0 Å². The van der Waals surface area contributed by atoms with Crippen molar-refractivity contribution in [3.05, 3.63) is 28.3 Å². The van der Waals surface area contributed by atoms with Crippen LogP contribution < -0.4 is 5.32 Å². The monoisotopic (exact) mass is 235 g/mol. The Bertz CT molecular complexity index is 370. The Kier molecular flexibility index (Phi) is 4.58. The number of aliphatic hydroxyl groups is 1. The third kappa shape index (κ3) is 3.01. The quantitative estimate of drug-likeness (QED) is 0.839. The van der Waals surface area contributed by atoms with E-state index in [1.54, 1.807) is 0 Å². The second-order valence-corrected chi connectivity index (χ2v) is 5.31. The molecule has 2 N–H and O–H groups in total. The smallest absolute Gasteiger partial charge is 0.0635 e. The summed E-state index contributed by atoms with van der Waals surface area (Å²) in [4.78, 5) is 0. The summed E-state index contributed by atoms with van der Waals surface area (Å²) in [7, 11) is 0. The van der Waals surface area contributed by atoms with Gasteiger partial charge in [-0.05, 0) is 55.9 Å². The molecule has 0 aliphatic heterocycles. The summed E-state index contributed by atoms with van der Waals surface area (Å²) >= 11 is 0. The molecule has 0 aliphatic carbocycles. The van der Waals surface area contributed by atoms with Crippen molar-refractivity contribution in [1.29, 1.82) is 0 Å². The first kappa shape index (κ1) is 14.0. The van der Waals surface area contributed by atoms with E-state index in [9.17, 15) is 5.11 Å². The lowest BCUT2D eigenvalue weighted by Gasteiger charge is -2.25. The van der Waals surface area contributed by atoms with E-state index in [4.69, 9.17) is 0 Å². The van der Waals surface area contributed by atoms with E-state index >= 15 is 0 Å². The molecule has 0 bridgehead atoms. The van der Waals surface area contributed by atoms with Crippen molar-refractivity contribution >= 4 is 5.69 Å². The van der Waals surface area contributed by atoms with Crippen molar-refractivity contribution in [3.8, 4) is 0 Å². The third-order valence-corrected chi connectivity index (χ3v) is 3.70. The highest BCUT2D eigenvalue weighted by Gasteiger charge is 2.15. The fraction of sp³-hybridized carbons (Fsp3) is 0.600. The van der Waals surface area contributed by atoms with Crippen LogP contribution in [0.3, 0.4) is 0 Å². The van der Waals surface area contributed by atoms with Crippen molar-refractivity contribution in [2.75, 3.05) is 11.9 Å². The van der Waals surface area contributed by atoms with E-state index in [0.717, 1.165) is 0 Å². The minimum absolute atomic E-state index is 0.119. The van der Waals surface area contributed by atoms with E-state index in [1.807, 2.05) is 0 Å². The van der Waals surface area contributed by atoms with Crippen LogP contribution in [-0.4, -0.2) is 17.8 Å². The maximum Gasteiger partial charge on any atom is 0.0635 e. The maximum absolute atomic E-state index is 9.42. The molecule has 0 aliphatic rings. The summed E-state index contributed by atoms with van der Waals surface area (Å²) in [5, 5.41) is 12.9. The molecule has 1 unspecified atom stereocenters. The van der Waals surface area contributed by atoms with Gasteiger partial charge in [0, 0.05) is 5.69 Å². The lowest BCUT2D eigenvalue weighted by molar-refractivity contribution is 0.249. The molecule has 0 fully saturated rings. The minimum atomic E-state index is 0.119. The van der Waals surface area contributed by atoms with Crippen LogP contribution in [0.25, 0.3) is 0 Å². The molecule has 2 nitrogen and oxygen atoms in total. The Morgan fingerprint density at radius 3 is 1.88 bits per heavy atom. The first-order valence-corrected chi connectivity index (χ1v) is 6.33. The number of hydrogen-bond acceptors (Lipinski definition) is 2. The van der Waals surface area contributed by atoms with Gasteiger partial charge >= 0.3 is 0 Å². The Morgan fingerprint density at radius 2 is 1.53 bits per heavy atom. The molecule has 0 saturated heterocycles. The summed E-state index contributed by atoms with van der Waals surface area (Å²) in [6.07, 6.45) is 0. The molecule has 0 spiro atoms. The molecule has 96 valence electrons. The Hall–Kier alpha value is -1.02. The van der Waals surface area contributed by atoms with Crippen LogP contribution in [0.2, 0.25) is 0 Å². The second kappa shape index (κ2) is 5.54. The van der Waals surface area contributed by atoms with Crippen LogP contribution in [0.4, 0.5) is 5.69 Å². The summed E-state index contributed by atoms with van der Waals surface area (Å²) in [5.41, 5.74) is 6.36. The van der Waals surface area contributed by atoms with Crippen LogP contribution in [0.15, 0.2) is 6.07 Å². The zero-order valence-corrected chi connectivity index (χ0v) is 11.9. The number of aliphatic hydroxyl groups excluding tert-OH is 1. The number of hydrogen-bond donors (Lipinski definition) is 2. The standard InChI is InChI=1S/C15H25NO/c1-9(2)14(8-17)16-15-12(5)10(3)7-11(4)13(15)6/h7,9,14,16-17H,8H2,1-6H3. The Morgan fingerprint density at radius 1 is 1.06 bits per heavy atom. The predicted octanol–water partition coefficient (Wildman–Crippen LogP) is 3.35. The fourth-order valence-electron chi connectivity index (χ4n) is 2.04. The number of nitrogens with one attached hydrogen (secondary N) is 1. The highest BCUT2D eigenvalue weighted by molar-refractivity contribution is 5.62. The molecular formula is C15H25NO. The average Bonchev–Trinajstić information content (AvgIpc) is 2.26. The van der Waals surface area contributed by atoms with Crippen LogP contribution in [0.5, 0.6) is 0 Å². The van der Waals surface area contributed by atoms with Gasteiger partial charge in [-0.15, -0.1) is 0 Å². The van der Waals surface area contributed by atoms with E-state index < -0.39 is 0 Å². The highest BCUT2D eigenvalue weighted by Crippen LogP contribution is 2.27. The van der Waals surface area contributed by atoms with Crippen LogP contribution in [0, 0.1) is 33.6 Å². The molecule has 17 heavy (non-hydrogen) atoms. The van der Waals surface area contributed by atoms with Crippen molar-refractivity contribution in [3.63, 3.8) is 0 Å². The zero-order chi connectivity index (χ0) is 13.2. The molecule has 0 radical (unpaired) electrons. The summed E-state index contributed by atoms with van der Waals surface area (Å²) < 4.78 is 0. The van der Waals surface area contributed by atoms with Gasteiger partial charge < -0.3 is 10.4 Å². The van der Waals surface area contributed by atoms with Gasteiger partial charge in [0.05, 0.1) is 12.6 Å². The van der Waals surface area contributed by atoms with Gasteiger partial charge in [-0.3, -0.25) is 0 Å². The van der Waals surface area contributed by atoms with Gasteiger partial charge in [0.15, 0.2) is 0 Å². The highest BCUT2D eigenvalue weighted by atomic mass is 16.3. The minimum Gasteiger partial charge on any atom is -0.394 e. The Balaban J connectivity index is 3.13. The second-order valence-electron chi connectivity index (χ2n) is 5.31. The van der Waals surface area contributed by atoms with Crippen LogP contribution in [-0.2, 0) is 0 Å². The lowest BCUT2D eigenvalue weighted by Crippen LogP contribution is -2.30. The van der Waals surface area contributed by atoms with Crippen LogP contribution in [0.1, 0.15) is 36.1 Å². The lowest BCUT2D eigenvalue weighted by atomic mass is 9.96. The Labute approximate surface area is 105 Å². The molecule has 2 heteroatoms. The number of rotatable bonds is 4. The van der Waals surface area contributed by atoms with Crippen molar-refractivity contribution < 1.29 is 5.11 Å². The number of benzene rings is 1. The largest absolute Gasteiger partial charge is 0.394 e. The van der Waals surface area contributed by atoms with Gasteiger partial charge in [0.1, 0.15) is 0 Å². The predicted molar refractivity (Wildman–Crippen MR) is 74.7 cm³/mol. The molecular weight excluding hydrogens is 210 g/mol. The van der Waals surface area contributed by atoms with Crippen molar-refractivity contribution in [1.82, 2.24) is 0 Å². The first-order chi connectivity index (χ1) is 7.88. The van der Waals surface area contributed by atoms with E-state index in [0.29, 0.717) is 5.92 Å². The van der Waals surface area contributed by atoms with Gasteiger partial charge in [-0.1, -0.05) is 19.9 Å². The van der Waals surface area contributed by atoms with Gasteiger partial charge in [0.2, 0.25) is 0 Å². The van der Waals surface area contributed by atoms with Crippen molar-refractivity contribution in [2.24, 2.45) is 5.92 Å². The molecule has 0 saturated carbocycles. The molecule has 1 rings (SSSR count). The molecule has 1 aromatic rings.